The summed E-state index contributed by atoms with van der Waals surface area (Å²) in [6.45, 7) is 5.11. The Hall–Kier alpha value is -1.36. The molecule has 5 nitrogen and oxygen atoms in total. The van der Waals surface area contributed by atoms with E-state index in [9.17, 15) is 4.79 Å². The van der Waals surface area contributed by atoms with Crippen LogP contribution in [0.3, 0.4) is 0 Å². The Morgan fingerprint density at radius 3 is 2.54 bits per heavy atom. The first-order chi connectivity index (χ1) is 11.7. The fraction of sp³-hybridized carbons (Fsp3) is 0.789. The second-order valence-electron chi connectivity index (χ2n) is 7.54. The Kier molecular flexibility index (Phi) is 5.93. The van der Waals surface area contributed by atoms with Gasteiger partial charge in [-0.25, -0.2) is 4.98 Å². The van der Waals surface area contributed by atoms with E-state index in [0.29, 0.717) is 6.04 Å². The van der Waals surface area contributed by atoms with E-state index in [1.807, 2.05) is 18.7 Å². The van der Waals surface area contributed by atoms with Gasteiger partial charge in [0.15, 0.2) is 0 Å². The van der Waals surface area contributed by atoms with Gasteiger partial charge >= 0.3 is 0 Å². The molecular formula is C19H32N4O. The summed E-state index contributed by atoms with van der Waals surface area (Å²) in [6, 6.07) is 0.366. The molecule has 1 saturated carbocycles. The third kappa shape index (κ3) is 3.82. The highest BCUT2D eigenvalue weighted by molar-refractivity contribution is 5.86. The molecule has 1 aromatic heterocycles. The fourth-order valence-electron chi connectivity index (χ4n) is 4.38. The summed E-state index contributed by atoms with van der Waals surface area (Å²) in [5.74, 6) is 0.280. The summed E-state index contributed by atoms with van der Waals surface area (Å²) < 4.78 is 2.10. The molecule has 0 spiro atoms. The Morgan fingerprint density at radius 1 is 1.17 bits per heavy atom. The van der Waals surface area contributed by atoms with Crippen LogP contribution in [0.4, 0.5) is 0 Å². The maximum atomic E-state index is 13.1. The van der Waals surface area contributed by atoms with Crippen molar-refractivity contribution in [2.24, 2.45) is 0 Å². The second kappa shape index (κ2) is 8.15. The van der Waals surface area contributed by atoms with Crippen LogP contribution in [0.25, 0.3) is 0 Å². The van der Waals surface area contributed by atoms with Gasteiger partial charge in [0.2, 0.25) is 5.91 Å². The van der Waals surface area contributed by atoms with Gasteiger partial charge < -0.3 is 9.88 Å². The van der Waals surface area contributed by atoms with E-state index in [1.54, 1.807) is 0 Å². The van der Waals surface area contributed by atoms with Crippen LogP contribution < -0.4 is 5.32 Å². The Balaban J connectivity index is 1.57. The lowest BCUT2D eigenvalue weighted by atomic mass is 9.78. The fourth-order valence-corrected chi connectivity index (χ4v) is 4.38. The molecule has 134 valence electrons. The average molecular weight is 332 g/mol. The van der Waals surface area contributed by atoms with Crippen LogP contribution >= 0.6 is 0 Å². The maximum absolute atomic E-state index is 13.1. The van der Waals surface area contributed by atoms with Gasteiger partial charge in [-0.15, -0.1) is 0 Å². The van der Waals surface area contributed by atoms with Crippen LogP contribution in [0, 0.1) is 0 Å². The zero-order valence-electron chi connectivity index (χ0n) is 15.0. The smallest absolute Gasteiger partial charge is 0.240 e. The highest BCUT2D eigenvalue weighted by atomic mass is 16.2. The SMILES string of the molecule is CC(CCNC(=O)C1(N2CCCCC2)CCCCC1)n1ccnc1. The van der Waals surface area contributed by atoms with Crippen LogP contribution in [0.5, 0.6) is 0 Å². The van der Waals surface area contributed by atoms with Gasteiger partial charge in [0.05, 0.1) is 6.33 Å². The molecule has 1 aliphatic carbocycles. The number of likely N-dealkylation sites (tertiary alicyclic amines) is 1. The standard InChI is InChI=1S/C19H32N4O/c1-17(22-15-12-20-16-22)8-11-21-18(24)19(9-4-2-5-10-19)23-13-6-3-7-14-23/h12,15-17H,2-11,13-14H2,1H3,(H,21,24). The largest absolute Gasteiger partial charge is 0.354 e. The summed E-state index contributed by atoms with van der Waals surface area (Å²) in [7, 11) is 0. The summed E-state index contributed by atoms with van der Waals surface area (Å²) in [5, 5.41) is 3.27. The molecule has 1 unspecified atom stereocenters. The number of carbonyl (C=O) groups excluding carboxylic acids is 1. The third-order valence-corrected chi connectivity index (χ3v) is 5.95. The molecule has 0 bridgehead atoms. The zero-order chi connectivity index (χ0) is 16.8. The van der Waals surface area contributed by atoms with Gasteiger partial charge in [-0.2, -0.15) is 0 Å². The predicted octanol–water partition coefficient (Wildman–Crippen LogP) is 3.14. The lowest BCUT2D eigenvalue weighted by Gasteiger charge is -2.46. The van der Waals surface area contributed by atoms with E-state index in [-0.39, 0.29) is 11.4 Å². The molecule has 2 heterocycles. The molecule has 2 aliphatic rings. The van der Waals surface area contributed by atoms with E-state index >= 15 is 0 Å². The van der Waals surface area contributed by atoms with E-state index in [2.05, 4.69) is 26.7 Å². The third-order valence-electron chi connectivity index (χ3n) is 5.95. The Morgan fingerprint density at radius 2 is 1.88 bits per heavy atom. The molecule has 1 N–H and O–H groups in total. The Labute approximate surface area is 145 Å². The Bertz CT molecular complexity index is 501. The molecule has 5 heteroatoms. The molecule has 0 aromatic carbocycles. The molecule has 2 fully saturated rings. The van der Waals surface area contributed by atoms with E-state index in [4.69, 9.17) is 0 Å². The highest BCUT2D eigenvalue weighted by Crippen LogP contribution is 2.35. The normalized spacial score (nSPS) is 22.9. The van der Waals surface area contributed by atoms with Crippen LogP contribution in [-0.2, 0) is 4.79 Å². The monoisotopic (exact) mass is 332 g/mol. The number of aromatic nitrogens is 2. The zero-order valence-corrected chi connectivity index (χ0v) is 15.0. The number of imidazole rings is 1. The topological polar surface area (TPSA) is 50.2 Å². The van der Waals surface area contributed by atoms with Crippen molar-refractivity contribution >= 4 is 5.91 Å². The maximum Gasteiger partial charge on any atom is 0.240 e. The van der Waals surface area contributed by atoms with Crippen molar-refractivity contribution in [2.75, 3.05) is 19.6 Å². The summed E-state index contributed by atoms with van der Waals surface area (Å²) >= 11 is 0. The number of piperidine rings is 1. The van der Waals surface area contributed by atoms with E-state index < -0.39 is 0 Å². The van der Waals surface area contributed by atoms with Crippen molar-refractivity contribution in [2.45, 2.75) is 76.3 Å². The number of hydrogen-bond donors (Lipinski definition) is 1. The molecule has 3 rings (SSSR count). The number of amides is 1. The first-order valence-corrected chi connectivity index (χ1v) is 9.73. The molecule has 1 aromatic rings. The molecule has 1 aliphatic heterocycles. The van der Waals surface area contributed by atoms with Gasteiger partial charge in [-0.1, -0.05) is 25.7 Å². The minimum absolute atomic E-state index is 0.225. The minimum atomic E-state index is -0.225. The van der Waals surface area contributed by atoms with Crippen LogP contribution in [-0.4, -0.2) is 45.5 Å². The van der Waals surface area contributed by atoms with E-state index in [0.717, 1.165) is 38.9 Å². The number of nitrogens with zero attached hydrogens (tertiary/aromatic N) is 3. The van der Waals surface area contributed by atoms with E-state index in [1.165, 1.54) is 38.5 Å². The molecule has 0 radical (unpaired) electrons. The minimum Gasteiger partial charge on any atom is -0.354 e. The van der Waals surface area contributed by atoms with Crippen LogP contribution in [0.2, 0.25) is 0 Å². The molecule has 24 heavy (non-hydrogen) atoms. The van der Waals surface area contributed by atoms with Gasteiger partial charge in [-0.05, 0) is 52.1 Å². The lowest BCUT2D eigenvalue weighted by molar-refractivity contribution is -0.137. The molecular weight excluding hydrogens is 300 g/mol. The van der Waals surface area contributed by atoms with Crippen molar-refractivity contribution in [3.8, 4) is 0 Å². The summed E-state index contributed by atoms with van der Waals surface area (Å²) in [5.41, 5.74) is -0.225. The molecule has 1 amide bonds. The molecule has 1 atom stereocenters. The highest BCUT2D eigenvalue weighted by Gasteiger charge is 2.44. The van der Waals surface area contributed by atoms with Crippen LogP contribution in [0.15, 0.2) is 18.7 Å². The average Bonchev–Trinajstić information content (AvgIpc) is 3.17. The van der Waals surface area contributed by atoms with Crippen molar-refractivity contribution in [1.29, 1.82) is 0 Å². The van der Waals surface area contributed by atoms with Gasteiger partial charge in [0.25, 0.3) is 0 Å². The number of nitrogens with one attached hydrogen (secondary N) is 1. The quantitative estimate of drug-likeness (QED) is 0.871. The first-order valence-electron chi connectivity index (χ1n) is 9.73. The number of hydrogen-bond acceptors (Lipinski definition) is 3. The number of rotatable bonds is 6. The predicted molar refractivity (Wildman–Crippen MR) is 95.8 cm³/mol. The van der Waals surface area contributed by atoms with Crippen LogP contribution in [0.1, 0.15) is 70.8 Å². The van der Waals surface area contributed by atoms with Crippen molar-refractivity contribution in [3.63, 3.8) is 0 Å². The van der Waals surface area contributed by atoms with Crippen molar-refractivity contribution < 1.29 is 4.79 Å². The van der Waals surface area contributed by atoms with Gasteiger partial charge in [0.1, 0.15) is 5.54 Å². The number of carbonyl (C=O) groups is 1. The summed E-state index contributed by atoms with van der Waals surface area (Å²) in [6.07, 6.45) is 16.1. The van der Waals surface area contributed by atoms with Crippen molar-refractivity contribution in [1.82, 2.24) is 19.8 Å². The first kappa shape index (κ1) is 17.5. The van der Waals surface area contributed by atoms with Gasteiger partial charge in [-0.3, -0.25) is 9.69 Å². The summed E-state index contributed by atoms with van der Waals surface area (Å²) in [4.78, 5) is 19.7. The van der Waals surface area contributed by atoms with Crippen molar-refractivity contribution in [3.05, 3.63) is 18.7 Å². The second-order valence-corrected chi connectivity index (χ2v) is 7.54. The van der Waals surface area contributed by atoms with Gasteiger partial charge in [0, 0.05) is 25.0 Å². The lowest BCUT2D eigenvalue weighted by Crippen LogP contribution is -2.61. The molecule has 1 saturated heterocycles.